The molecule has 0 N–H and O–H groups in total. The van der Waals surface area contributed by atoms with Gasteiger partial charge in [0, 0.05) is 24.0 Å². The van der Waals surface area contributed by atoms with Gasteiger partial charge in [-0.05, 0) is 50.1 Å². The highest BCUT2D eigenvalue weighted by Gasteiger charge is 2.29. The van der Waals surface area contributed by atoms with Crippen molar-refractivity contribution in [3.63, 3.8) is 0 Å². The Morgan fingerprint density at radius 3 is 2.70 bits per heavy atom. The zero-order chi connectivity index (χ0) is 20.7. The molecule has 2 aromatic carbocycles. The molecule has 1 fully saturated rings. The number of amides is 1. The topological polar surface area (TPSA) is 64.2 Å². The van der Waals surface area contributed by atoms with Crippen molar-refractivity contribution in [1.82, 2.24) is 19.7 Å². The fourth-order valence-electron chi connectivity index (χ4n) is 4.05. The molecule has 0 saturated carbocycles. The Morgan fingerprint density at radius 2 is 1.93 bits per heavy atom. The Kier molecular flexibility index (Phi) is 4.79. The van der Waals surface area contributed by atoms with E-state index in [4.69, 9.17) is 16.0 Å². The van der Waals surface area contributed by atoms with Crippen LogP contribution < -0.4 is 0 Å². The number of aromatic nitrogens is 3. The van der Waals surface area contributed by atoms with Gasteiger partial charge in [0.2, 0.25) is 0 Å². The molecule has 0 unspecified atom stereocenters. The highest BCUT2D eigenvalue weighted by Crippen LogP contribution is 2.30. The van der Waals surface area contributed by atoms with Crippen molar-refractivity contribution in [2.45, 2.75) is 25.7 Å². The first kappa shape index (κ1) is 18.9. The number of benzene rings is 2. The van der Waals surface area contributed by atoms with Gasteiger partial charge in [-0.1, -0.05) is 29.8 Å². The number of fused-ring (bicyclic) bond motifs is 1. The summed E-state index contributed by atoms with van der Waals surface area (Å²) in [6, 6.07) is 15.3. The molecule has 0 radical (unpaired) electrons. The summed E-state index contributed by atoms with van der Waals surface area (Å²) in [5, 5.41) is 5.05. The van der Waals surface area contributed by atoms with E-state index in [1.165, 1.54) is 0 Å². The van der Waals surface area contributed by atoms with Gasteiger partial charge in [-0.25, -0.2) is 9.67 Å². The molecule has 1 amide bonds. The van der Waals surface area contributed by atoms with Gasteiger partial charge in [-0.2, -0.15) is 5.10 Å². The molecule has 6 nitrogen and oxygen atoms in total. The Labute approximate surface area is 179 Å². The molecule has 0 spiro atoms. The lowest BCUT2D eigenvalue weighted by atomic mass is 9.96. The minimum atomic E-state index is 0.0109. The van der Waals surface area contributed by atoms with Crippen LogP contribution in [0, 0.1) is 6.92 Å². The van der Waals surface area contributed by atoms with Crippen molar-refractivity contribution in [3.8, 4) is 5.69 Å². The molecule has 3 heterocycles. The first-order valence-electron chi connectivity index (χ1n) is 10.1. The second-order valence-corrected chi connectivity index (χ2v) is 8.06. The molecule has 7 heteroatoms. The normalized spacial score (nSPS) is 15.1. The van der Waals surface area contributed by atoms with Crippen molar-refractivity contribution in [3.05, 3.63) is 76.9 Å². The predicted octanol–water partition coefficient (Wildman–Crippen LogP) is 5.00. The molecule has 1 saturated heterocycles. The van der Waals surface area contributed by atoms with E-state index < -0.39 is 0 Å². The van der Waals surface area contributed by atoms with E-state index in [0.29, 0.717) is 23.7 Å². The number of halogens is 1. The molecule has 0 aliphatic carbocycles. The fraction of sp³-hybridized carbons (Fsp3) is 0.261. The molecule has 4 aromatic rings. The summed E-state index contributed by atoms with van der Waals surface area (Å²) in [7, 11) is 0. The van der Waals surface area contributed by atoms with Gasteiger partial charge >= 0.3 is 0 Å². The number of nitrogens with zero attached hydrogens (tertiary/aromatic N) is 4. The minimum Gasteiger partial charge on any atom is -0.440 e. The smallest absolute Gasteiger partial charge is 0.257 e. The van der Waals surface area contributed by atoms with E-state index >= 15 is 0 Å². The molecule has 30 heavy (non-hydrogen) atoms. The second kappa shape index (κ2) is 7.61. The van der Waals surface area contributed by atoms with Crippen molar-refractivity contribution in [2.24, 2.45) is 0 Å². The van der Waals surface area contributed by atoms with Gasteiger partial charge in [0.25, 0.3) is 5.91 Å². The monoisotopic (exact) mass is 420 g/mol. The van der Waals surface area contributed by atoms with E-state index in [0.717, 1.165) is 41.2 Å². The van der Waals surface area contributed by atoms with Crippen LogP contribution in [0.3, 0.4) is 0 Å². The van der Waals surface area contributed by atoms with Crippen LogP contribution in [0.4, 0.5) is 0 Å². The van der Waals surface area contributed by atoms with Crippen LogP contribution in [0.1, 0.15) is 40.7 Å². The highest BCUT2D eigenvalue weighted by molar-refractivity contribution is 6.30. The van der Waals surface area contributed by atoms with Crippen LogP contribution in [-0.4, -0.2) is 38.7 Å². The highest BCUT2D eigenvalue weighted by atomic mass is 35.5. The Hall–Kier alpha value is -3.12. The number of piperidine rings is 1. The van der Waals surface area contributed by atoms with Crippen molar-refractivity contribution in [1.29, 1.82) is 0 Å². The molecular weight excluding hydrogens is 400 g/mol. The van der Waals surface area contributed by atoms with E-state index in [9.17, 15) is 4.79 Å². The largest absolute Gasteiger partial charge is 0.440 e. The van der Waals surface area contributed by atoms with Crippen molar-refractivity contribution >= 4 is 28.6 Å². The molecule has 2 aromatic heterocycles. The maximum absolute atomic E-state index is 13.1. The average Bonchev–Trinajstić information content (AvgIpc) is 3.37. The van der Waals surface area contributed by atoms with Gasteiger partial charge in [-0.15, -0.1) is 0 Å². The molecule has 1 aliphatic rings. The number of carbonyl (C=O) groups is 1. The molecule has 0 bridgehead atoms. The molecule has 0 atom stereocenters. The summed E-state index contributed by atoms with van der Waals surface area (Å²) in [6.45, 7) is 3.25. The van der Waals surface area contributed by atoms with Crippen LogP contribution >= 0.6 is 11.6 Å². The number of rotatable bonds is 3. The summed E-state index contributed by atoms with van der Waals surface area (Å²) in [4.78, 5) is 19.6. The standard InChI is InChI=1S/C23H21ClN4O2/c1-15-19(14-25-28(15)18-6-4-5-17(24)13-18)23(29)27-11-9-16(10-12-27)22-26-20-7-2-3-8-21(20)30-22/h2-8,13-14,16H,9-12H2,1H3. The van der Waals surface area contributed by atoms with E-state index in [2.05, 4.69) is 10.1 Å². The Balaban J connectivity index is 1.30. The Morgan fingerprint density at radius 1 is 1.13 bits per heavy atom. The van der Waals surface area contributed by atoms with Crippen LogP contribution in [0.5, 0.6) is 0 Å². The number of hydrogen-bond acceptors (Lipinski definition) is 4. The zero-order valence-corrected chi connectivity index (χ0v) is 17.3. The van der Waals surface area contributed by atoms with Gasteiger partial charge < -0.3 is 9.32 Å². The quantitative estimate of drug-likeness (QED) is 0.468. The van der Waals surface area contributed by atoms with Gasteiger partial charge in [0.05, 0.1) is 23.1 Å². The summed E-state index contributed by atoms with van der Waals surface area (Å²) < 4.78 is 7.68. The predicted molar refractivity (Wildman–Crippen MR) is 115 cm³/mol. The van der Waals surface area contributed by atoms with E-state index in [1.54, 1.807) is 10.9 Å². The summed E-state index contributed by atoms with van der Waals surface area (Å²) in [6.07, 6.45) is 3.31. The SMILES string of the molecule is Cc1c(C(=O)N2CCC(c3nc4ccccc4o3)CC2)cnn1-c1cccc(Cl)c1. The zero-order valence-electron chi connectivity index (χ0n) is 16.6. The average molecular weight is 421 g/mol. The number of likely N-dealkylation sites (tertiary alicyclic amines) is 1. The van der Waals surface area contributed by atoms with Crippen LogP contribution in [-0.2, 0) is 0 Å². The van der Waals surface area contributed by atoms with Crippen molar-refractivity contribution in [2.75, 3.05) is 13.1 Å². The summed E-state index contributed by atoms with van der Waals surface area (Å²) >= 11 is 6.10. The first-order chi connectivity index (χ1) is 14.6. The number of hydrogen-bond donors (Lipinski definition) is 0. The minimum absolute atomic E-state index is 0.0109. The van der Waals surface area contributed by atoms with Gasteiger partial charge in [0.15, 0.2) is 11.5 Å². The lowest BCUT2D eigenvalue weighted by Crippen LogP contribution is -2.38. The Bertz CT molecular complexity index is 1190. The van der Waals surface area contributed by atoms with Gasteiger partial charge in [0.1, 0.15) is 5.52 Å². The van der Waals surface area contributed by atoms with Crippen LogP contribution in [0.2, 0.25) is 5.02 Å². The van der Waals surface area contributed by atoms with Crippen molar-refractivity contribution < 1.29 is 9.21 Å². The number of oxazole rings is 1. The lowest BCUT2D eigenvalue weighted by molar-refractivity contribution is 0.0706. The number of carbonyl (C=O) groups excluding carboxylic acids is 1. The third-order valence-corrected chi connectivity index (χ3v) is 5.97. The molecule has 5 rings (SSSR count). The summed E-state index contributed by atoms with van der Waals surface area (Å²) in [5.41, 5.74) is 3.97. The molecule has 152 valence electrons. The summed E-state index contributed by atoms with van der Waals surface area (Å²) in [5.74, 6) is 1.02. The van der Waals surface area contributed by atoms with Gasteiger partial charge in [-0.3, -0.25) is 4.79 Å². The lowest BCUT2D eigenvalue weighted by Gasteiger charge is -2.30. The number of para-hydroxylation sites is 2. The first-order valence-corrected chi connectivity index (χ1v) is 10.4. The van der Waals surface area contributed by atoms with E-state index in [-0.39, 0.29) is 11.8 Å². The van der Waals surface area contributed by atoms with Crippen LogP contribution in [0.15, 0.2) is 59.1 Å². The van der Waals surface area contributed by atoms with E-state index in [1.807, 2.05) is 60.4 Å². The second-order valence-electron chi connectivity index (χ2n) is 7.62. The molecular formula is C23H21ClN4O2. The van der Waals surface area contributed by atoms with Crippen LogP contribution in [0.25, 0.3) is 16.8 Å². The third kappa shape index (κ3) is 3.37. The fourth-order valence-corrected chi connectivity index (χ4v) is 4.24. The maximum Gasteiger partial charge on any atom is 0.257 e. The maximum atomic E-state index is 13.1. The third-order valence-electron chi connectivity index (χ3n) is 5.73. The molecule has 1 aliphatic heterocycles.